The van der Waals surface area contributed by atoms with E-state index in [0.29, 0.717) is 18.7 Å². The van der Waals surface area contributed by atoms with Crippen LogP contribution in [0.15, 0.2) is 34.7 Å². The number of rotatable bonds is 2. The molecule has 4 rings (SSSR count). The highest BCUT2D eigenvalue weighted by molar-refractivity contribution is 5.81. The summed E-state index contributed by atoms with van der Waals surface area (Å²) in [6, 6.07) is 9.85. The molecule has 2 aromatic heterocycles. The van der Waals surface area contributed by atoms with Crippen LogP contribution in [0.25, 0.3) is 22.6 Å². The van der Waals surface area contributed by atoms with E-state index >= 15 is 0 Å². The maximum absolute atomic E-state index is 11.8. The molecule has 0 saturated carbocycles. The second-order valence-corrected chi connectivity index (χ2v) is 5.79. The van der Waals surface area contributed by atoms with E-state index in [9.17, 15) is 4.79 Å². The fourth-order valence-corrected chi connectivity index (χ4v) is 3.16. The summed E-state index contributed by atoms with van der Waals surface area (Å²) in [5, 5.41) is 9.62. The number of furan rings is 1. The Balaban J connectivity index is 1.68. The fourth-order valence-electron chi connectivity index (χ4n) is 3.16. The van der Waals surface area contributed by atoms with Gasteiger partial charge in [0.1, 0.15) is 11.4 Å². The van der Waals surface area contributed by atoms with Crippen LogP contribution in [-0.4, -0.2) is 27.8 Å². The summed E-state index contributed by atoms with van der Waals surface area (Å²) in [6.07, 6.45) is 2.18. The van der Waals surface area contributed by atoms with E-state index in [1.807, 2.05) is 30.3 Å². The lowest BCUT2D eigenvalue weighted by atomic mass is 10.0. The number of carbonyl (C=O) groups excluding carboxylic acids is 1. The summed E-state index contributed by atoms with van der Waals surface area (Å²) in [5.41, 5.74) is 0.834. The van der Waals surface area contributed by atoms with Crippen molar-refractivity contribution >= 4 is 16.9 Å². The Labute approximate surface area is 133 Å². The highest BCUT2D eigenvalue weighted by Crippen LogP contribution is 2.29. The van der Waals surface area contributed by atoms with Gasteiger partial charge in [-0.25, -0.2) is 0 Å². The molecular weight excluding hydrogens is 294 g/mol. The Morgan fingerprint density at radius 3 is 3.00 bits per heavy atom. The second-order valence-electron chi connectivity index (χ2n) is 5.79. The van der Waals surface area contributed by atoms with Crippen molar-refractivity contribution in [2.75, 3.05) is 7.11 Å². The van der Waals surface area contributed by atoms with Crippen LogP contribution in [0.1, 0.15) is 18.7 Å². The van der Waals surface area contributed by atoms with Crippen molar-refractivity contribution in [3.63, 3.8) is 0 Å². The molecule has 118 valence electrons. The van der Waals surface area contributed by atoms with Gasteiger partial charge in [-0.05, 0) is 25.0 Å². The second kappa shape index (κ2) is 5.53. The number of benzene rings is 1. The normalized spacial score (nSPS) is 17.7. The molecule has 1 aliphatic heterocycles. The van der Waals surface area contributed by atoms with Gasteiger partial charge in [0.15, 0.2) is 11.6 Å². The lowest BCUT2D eigenvalue weighted by Gasteiger charge is -2.10. The predicted octanol–water partition coefficient (Wildman–Crippen LogP) is 2.82. The number of methoxy groups -OCH3 is 1. The van der Waals surface area contributed by atoms with Crippen LogP contribution in [0.4, 0.5) is 0 Å². The molecule has 6 nitrogen and oxygen atoms in total. The molecule has 6 heteroatoms. The van der Waals surface area contributed by atoms with Gasteiger partial charge in [-0.2, -0.15) is 0 Å². The van der Waals surface area contributed by atoms with Gasteiger partial charge < -0.3 is 13.7 Å². The van der Waals surface area contributed by atoms with E-state index in [0.717, 1.165) is 35.5 Å². The third-order valence-corrected chi connectivity index (χ3v) is 4.43. The van der Waals surface area contributed by atoms with Crippen molar-refractivity contribution in [1.82, 2.24) is 14.8 Å². The Kier molecular flexibility index (Phi) is 3.37. The van der Waals surface area contributed by atoms with Crippen molar-refractivity contribution in [2.45, 2.75) is 25.8 Å². The maximum Gasteiger partial charge on any atom is 0.308 e. The number of fused-ring (bicyclic) bond motifs is 2. The summed E-state index contributed by atoms with van der Waals surface area (Å²) in [7, 11) is 1.44. The van der Waals surface area contributed by atoms with Crippen molar-refractivity contribution in [3.8, 4) is 11.6 Å². The minimum absolute atomic E-state index is 0.0785. The third kappa shape index (κ3) is 2.40. The van der Waals surface area contributed by atoms with Crippen molar-refractivity contribution in [3.05, 3.63) is 36.2 Å². The first kappa shape index (κ1) is 14.0. The van der Waals surface area contributed by atoms with E-state index in [4.69, 9.17) is 9.15 Å². The first-order valence-electron chi connectivity index (χ1n) is 7.75. The fraction of sp³-hybridized carbons (Fsp3) is 0.353. The van der Waals surface area contributed by atoms with Crippen LogP contribution < -0.4 is 0 Å². The van der Waals surface area contributed by atoms with E-state index in [-0.39, 0.29) is 11.9 Å². The van der Waals surface area contributed by atoms with Gasteiger partial charge in [0, 0.05) is 18.4 Å². The minimum atomic E-state index is -0.144. The number of hydrogen-bond donors (Lipinski definition) is 0. The van der Waals surface area contributed by atoms with Crippen LogP contribution in [0.3, 0.4) is 0 Å². The Morgan fingerprint density at radius 1 is 1.30 bits per heavy atom. The molecule has 3 heterocycles. The van der Waals surface area contributed by atoms with Gasteiger partial charge >= 0.3 is 5.97 Å². The molecule has 0 radical (unpaired) electrons. The zero-order valence-corrected chi connectivity index (χ0v) is 12.9. The minimum Gasteiger partial charge on any atom is -0.469 e. The Hall–Kier alpha value is -2.63. The number of para-hydroxylation sites is 1. The number of ether oxygens (including phenoxy) is 1. The molecule has 23 heavy (non-hydrogen) atoms. The number of hydrogen-bond acceptors (Lipinski definition) is 5. The van der Waals surface area contributed by atoms with Crippen LogP contribution in [-0.2, 0) is 22.5 Å². The zero-order valence-electron chi connectivity index (χ0n) is 12.9. The lowest BCUT2D eigenvalue weighted by molar-refractivity contribution is -0.145. The number of carbonyl (C=O) groups is 1. The molecule has 3 aromatic rings. The molecule has 0 aliphatic carbocycles. The monoisotopic (exact) mass is 311 g/mol. The van der Waals surface area contributed by atoms with Crippen LogP contribution >= 0.6 is 0 Å². The van der Waals surface area contributed by atoms with Crippen LogP contribution in [0, 0.1) is 5.92 Å². The molecule has 0 spiro atoms. The van der Waals surface area contributed by atoms with E-state index in [1.54, 1.807) is 0 Å². The standard InChI is InChI=1S/C17H17N3O3/c1-22-17(21)11-6-7-15-18-19-16(20(15)9-8-11)14-10-12-4-2-3-5-13(12)23-14/h2-5,10-11H,6-9H2,1H3. The van der Waals surface area contributed by atoms with Crippen LogP contribution in [0.2, 0.25) is 0 Å². The summed E-state index contributed by atoms with van der Waals surface area (Å²) >= 11 is 0. The van der Waals surface area contributed by atoms with Gasteiger partial charge in [0.05, 0.1) is 13.0 Å². The summed E-state index contributed by atoms with van der Waals surface area (Å²) in [6.45, 7) is 0.689. The molecule has 0 saturated heterocycles. The predicted molar refractivity (Wildman–Crippen MR) is 83.7 cm³/mol. The topological polar surface area (TPSA) is 70.2 Å². The van der Waals surface area contributed by atoms with Crippen LogP contribution in [0.5, 0.6) is 0 Å². The largest absolute Gasteiger partial charge is 0.469 e. The molecule has 0 amide bonds. The van der Waals surface area contributed by atoms with Gasteiger partial charge in [0.25, 0.3) is 0 Å². The highest BCUT2D eigenvalue weighted by Gasteiger charge is 2.26. The summed E-state index contributed by atoms with van der Waals surface area (Å²) in [5.74, 6) is 2.11. The number of aromatic nitrogens is 3. The van der Waals surface area contributed by atoms with Gasteiger partial charge in [-0.1, -0.05) is 18.2 Å². The third-order valence-electron chi connectivity index (χ3n) is 4.43. The first-order chi connectivity index (χ1) is 11.3. The quantitative estimate of drug-likeness (QED) is 0.681. The SMILES string of the molecule is COC(=O)C1CCc2nnc(-c3cc4ccccc4o3)n2CC1. The highest BCUT2D eigenvalue weighted by atomic mass is 16.5. The van der Waals surface area contributed by atoms with Gasteiger partial charge in [-0.3, -0.25) is 4.79 Å². The van der Waals surface area contributed by atoms with E-state index in [1.165, 1.54) is 7.11 Å². The molecule has 1 aliphatic rings. The summed E-state index contributed by atoms with van der Waals surface area (Å²) in [4.78, 5) is 11.8. The molecule has 1 atom stereocenters. The first-order valence-corrected chi connectivity index (χ1v) is 7.75. The van der Waals surface area contributed by atoms with Crippen molar-refractivity contribution in [1.29, 1.82) is 0 Å². The molecule has 0 bridgehead atoms. The Morgan fingerprint density at radius 2 is 2.17 bits per heavy atom. The average Bonchev–Trinajstić information content (AvgIpc) is 3.12. The van der Waals surface area contributed by atoms with Gasteiger partial charge in [0.2, 0.25) is 0 Å². The van der Waals surface area contributed by atoms with Gasteiger partial charge in [-0.15, -0.1) is 10.2 Å². The maximum atomic E-state index is 11.8. The molecule has 1 unspecified atom stereocenters. The number of esters is 1. The molecular formula is C17H17N3O3. The zero-order chi connectivity index (χ0) is 15.8. The smallest absolute Gasteiger partial charge is 0.308 e. The average molecular weight is 311 g/mol. The number of nitrogens with zero attached hydrogens (tertiary/aromatic N) is 3. The van der Waals surface area contributed by atoms with Crippen molar-refractivity contribution < 1.29 is 13.9 Å². The Bertz CT molecular complexity index is 832. The summed E-state index contributed by atoms with van der Waals surface area (Å²) < 4.78 is 12.8. The molecule has 0 N–H and O–H groups in total. The molecule has 0 fully saturated rings. The number of aryl methyl sites for hydroxylation is 1. The van der Waals surface area contributed by atoms with Crippen molar-refractivity contribution in [2.24, 2.45) is 5.92 Å². The van der Waals surface area contributed by atoms with E-state index < -0.39 is 0 Å². The lowest BCUT2D eigenvalue weighted by Crippen LogP contribution is -2.16. The molecule has 1 aromatic carbocycles. The van der Waals surface area contributed by atoms with E-state index in [2.05, 4.69) is 14.8 Å².